The molecule has 0 saturated carbocycles. The number of para-hydroxylation sites is 1. The molecule has 1 heterocycles. The smallest absolute Gasteiger partial charge is 0.255 e. The minimum atomic E-state index is -0.133. The molecule has 0 spiro atoms. The Morgan fingerprint density at radius 1 is 1.07 bits per heavy atom. The zero-order valence-corrected chi connectivity index (χ0v) is 15.7. The number of rotatable bonds is 3. The summed E-state index contributed by atoms with van der Waals surface area (Å²) in [4.78, 5) is 12.7. The van der Waals surface area contributed by atoms with E-state index in [9.17, 15) is 4.79 Å². The highest BCUT2D eigenvalue weighted by Crippen LogP contribution is 2.45. The van der Waals surface area contributed by atoms with Crippen molar-refractivity contribution in [2.75, 3.05) is 10.6 Å². The van der Waals surface area contributed by atoms with Crippen LogP contribution in [0.25, 0.3) is 5.57 Å². The third-order valence-electron chi connectivity index (χ3n) is 4.81. The minimum Gasteiger partial charge on any atom is -0.374 e. The average Bonchev–Trinajstić information content (AvgIpc) is 2.99. The van der Waals surface area contributed by atoms with Crippen LogP contribution in [0.2, 0.25) is 5.02 Å². The summed E-state index contributed by atoms with van der Waals surface area (Å²) in [5, 5.41) is 7.19. The second-order valence-corrected chi connectivity index (χ2v) is 7.14. The fourth-order valence-corrected chi connectivity index (χ4v) is 3.51. The third-order valence-corrected chi connectivity index (χ3v) is 5.04. The molecule has 3 nitrogen and oxygen atoms in total. The van der Waals surface area contributed by atoms with E-state index in [1.807, 2.05) is 73.7 Å². The highest BCUT2D eigenvalue weighted by atomic mass is 35.5. The first kappa shape index (κ1) is 17.4. The van der Waals surface area contributed by atoms with Gasteiger partial charge in [0.2, 0.25) is 0 Å². The molecule has 27 heavy (non-hydrogen) atoms. The minimum absolute atomic E-state index is 0.118. The number of hydrogen-bond donors (Lipinski definition) is 2. The molecule has 3 aromatic rings. The van der Waals surface area contributed by atoms with Crippen LogP contribution in [0.15, 0.2) is 73.3 Å². The first-order valence-electron chi connectivity index (χ1n) is 8.75. The molecule has 0 aliphatic carbocycles. The average molecular weight is 375 g/mol. The van der Waals surface area contributed by atoms with Crippen LogP contribution in [0.4, 0.5) is 11.4 Å². The van der Waals surface area contributed by atoms with Crippen molar-refractivity contribution >= 4 is 34.5 Å². The Morgan fingerprint density at radius 2 is 1.81 bits per heavy atom. The Labute approximate surface area is 163 Å². The third kappa shape index (κ3) is 3.34. The van der Waals surface area contributed by atoms with E-state index in [2.05, 4.69) is 17.2 Å². The van der Waals surface area contributed by atoms with Gasteiger partial charge in [-0.2, -0.15) is 0 Å². The molecule has 1 aliphatic rings. The van der Waals surface area contributed by atoms with Crippen LogP contribution in [0.3, 0.4) is 0 Å². The number of carbonyl (C=O) groups excluding carboxylic acids is 1. The molecule has 1 amide bonds. The highest BCUT2D eigenvalue weighted by Gasteiger charge is 2.28. The van der Waals surface area contributed by atoms with E-state index in [1.54, 1.807) is 0 Å². The molecule has 3 aromatic carbocycles. The summed E-state index contributed by atoms with van der Waals surface area (Å²) in [7, 11) is 0. The maximum atomic E-state index is 12.7. The van der Waals surface area contributed by atoms with Crippen LogP contribution in [-0.2, 0) is 0 Å². The normalized spacial score (nSPS) is 15.2. The van der Waals surface area contributed by atoms with E-state index < -0.39 is 0 Å². The Hall–Kier alpha value is -3.04. The van der Waals surface area contributed by atoms with Gasteiger partial charge in [0.25, 0.3) is 5.91 Å². The summed E-state index contributed by atoms with van der Waals surface area (Å²) < 4.78 is 0. The van der Waals surface area contributed by atoms with Crippen molar-refractivity contribution in [1.29, 1.82) is 0 Å². The van der Waals surface area contributed by atoms with Crippen LogP contribution in [0.5, 0.6) is 0 Å². The van der Waals surface area contributed by atoms with E-state index >= 15 is 0 Å². The molecule has 1 atom stereocenters. The van der Waals surface area contributed by atoms with Gasteiger partial charge in [-0.1, -0.05) is 54.1 Å². The molecule has 0 saturated heterocycles. The first-order valence-corrected chi connectivity index (χ1v) is 9.13. The van der Waals surface area contributed by atoms with Gasteiger partial charge >= 0.3 is 0 Å². The SMILES string of the molecule is C=C1c2cc(Cl)ccc2NC1c1ccccc1NC(=O)c1ccc(C)cc1. The second-order valence-electron chi connectivity index (χ2n) is 6.70. The molecule has 0 bridgehead atoms. The lowest BCUT2D eigenvalue weighted by Gasteiger charge is -2.18. The summed E-state index contributed by atoms with van der Waals surface area (Å²) >= 11 is 6.14. The number of fused-ring (bicyclic) bond motifs is 1. The lowest BCUT2D eigenvalue weighted by molar-refractivity contribution is 0.102. The largest absolute Gasteiger partial charge is 0.374 e. The van der Waals surface area contributed by atoms with Crippen molar-refractivity contribution in [2.45, 2.75) is 13.0 Å². The molecule has 0 radical (unpaired) electrons. The Balaban J connectivity index is 1.63. The first-order chi connectivity index (χ1) is 13.0. The number of halogens is 1. The molecule has 0 fully saturated rings. The molecule has 4 rings (SSSR count). The van der Waals surface area contributed by atoms with Crippen LogP contribution < -0.4 is 10.6 Å². The van der Waals surface area contributed by atoms with Crippen molar-refractivity contribution in [2.24, 2.45) is 0 Å². The van der Waals surface area contributed by atoms with Gasteiger partial charge < -0.3 is 10.6 Å². The topological polar surface area (TPSA) is 41.1 Å². The molecular formula is C23H19ClN2O. The van der Waals surface area contributed by atoms with Gasteiger partial charge in [-0.3, -0.25) is 4.79 Å². The summed E-state index contributed by atoms with van der Waals surface area (Å²) in [6, 6.07) is 20.9. The molecule has 0 aromatic heterocycles. The molecular weight excluding hydrogens is 356 g/mol. The van der Waals surface area contributed by atoms with Gasteiger partial charge in [0.1, 0.15) is 0 Å². The monoisotopic (exact) mass is 374 g/mol. The number of aryl methyl sites for hydroxylation is 1. The van der Waals surface area contributed by atoms with Gasteiger partial charge in [0.15, 0.2) is 0 Å². The standard InChI is InChI=1S/C23H19ClN2O/c1-14-7-9-16(10-8-14)23(27)26-20-6-4-3-5-18(20)22-15(2)19-13-17(24)11-12-21(19)25-22/h3-13,22,25H,2H2,1H3,(H,26,27). The molecule has 4 heteroatoms. The van der Waals surface area contributed by atoms with E-state index in [4.69, 9.17) is 11.6 Å². The fourth-order valence-electron chi connectivity index (χ4n) is 3.33. The zero-order chi connectivity index (χ0) is 19.0. The van der Waals surface area contributed by atoms with Crippen LogP contribution in [-0.4, -0.2) is 5.91 Å². The quantitative estimate of drug-likeness (QED) is 0.583. The molecule has 2 N–H and O–H groups in total. The van der Waals surface area contributed by atoms with Gasteiger partial charge in [0.05, 0.1) is 6.04 Å². The van der Waals surface area contributed by atoms with Crippen LogP contribution >= 0.6 is 11.6 Å². The van der Waals surface area contributed by atoms with Gasteiger partial charge in [-0.25, -0.2) is 0 Å². The Morgan fingerprint density at radius 3 is 2.59 bits per heavy atom. The van der Waals surface area contributed by atoms with Gasteiger partial charge in [0, 0.05) is 33.1 Å². The second kappa shape index (κ2) is 6.93. The van der Waals surface area contributed by atoms with Crippen molar-refractivity contribution in [3.63, 3.8) is 0 Å². The van der Waals surface area contributed by atoms with E-state index in [0.717, 1.165) is 33.6 Å². The van der Waals surface area contributed by atoms with Crippen molar-refractivity contribution in [3.05, 3.63) is 101 Å². The molecule has 1 aliphatic heterocycles. The Kier molecular flexibility index (Phi) is 4.46. The number of amides is 1. The lowest BCUT2D eigenvalue weighted by Crippen LogP contribution is -2.15. The van der Waals surface area contributed by atoms with Crippen LogP contribution in [0, 0.1) is 6.92 Å². The van der Waals surface area contributed by atoms with Gasteiger partial charge in [-0.15, -0.1) is 0 Å². The predicted octanol–water partition coefficient (Wildman–Crippen LogP) is 6.08. The Bertz CT molecular complexity index is 1040. The molecule has 134 valence electrons. The number of hydrogen-bond acceptors (Lipinski definition) is 2. The van der Waals surface area contributed by atoms with Gasteiger partial charge in [-0.05, 0) is 48.9 Å². The summed E-state index contributed by atoms with van der Waals surface area (Å²) in [6.07, 6.45) is 0. The van der Waals surface area contributed by atoms with E-state index in [0.29, 0.717) is 10.6 Å². The number of nitrogens with one attached hydrogen (secondary N) is 2. The summed E-state index contributed by atoms with van der Waals surface area (Å²) in [6.45, 7) is 6.25. The number of benzene rings is 3. The lowest BCUT2D eigenvalue weighted by atomic mass is 9.96. The van der Waals surface area contributed by atoms with E-state index in [1.165, 1.54) is 0 Å². The maximum Gasteiger partial charge on any atom is 0.255 e. The van der Waals surface area contributed by atoms with E-state index in [-0.39, 0.29) is 11.9 Å². The number of anilines is 2. The van der Waals surface area contributed by atoms with Crippen molar-refractivity contribution < 1.29 is 4.79 Å². The zero-order valence-electron chi connectivity index (χ0n) is 14.9. The fraction of sp³-hybridized carbons (Fsp3) is 0.0870. The number of carbonyl (C=O) groups is 1. The summed E-state index contributed by atoms with van der Waals surface area (Å²) in [5.74, 6) is -0.133. The van der Waals surface area contributed by atoms with Crippen molar-refractivity contribution in [3.8, 4) is 0 Å². The summed E-state index contributed by atoms with van der Waals surface area (Å²) in [5.41, 5.74) is 6.42. The highest BCUT2D eigenvalue weighted by molar-refractivity contribution is 6.31. The molecule has 1 unspecified atom stereocenters. The maximum absolute atomic E-state index is 12.7. The van der Waals surface area contributed by atoms with Crippen molar-refractivity contribution in [1.82, 2.24) is 0 Å². The predicted molar refractivity (Wildman–Crippen MR) is 112 cm³/mol. The van der Waals surface area contributed by atoms with Crippen LogP contribution in [0.1, 0.15) is 33.1 Å².